The van der Waals surface area contributed by atoms with Crippen LogP contribution in [0.3, 0.4) is 0 Å². The van der Waals surface area contributed by atoms with E-state index in [-0.39, 0.29) is 0 Å². The first-order chi connectivity index (χ1) is 6.90. The van der Waals surface area contributed by atoms with Crippen molar-refractivity contribution >= 4 is 0 Å². The average molecular weight is 197 g/mol. The van der Waals surface area contributed by atoms with Crippen molar-refractivity contribution in [2.75, 3.05) is 26.3 Å². The number of nitrogens with zero attached hydrogens (tertiary/aromatic N) is 1. The number of hydrogen-bond acceptors (Lipinski definition) is 2. The fraction of sp³-hybridized carbons (Fsp3) is 1.00. The van der Waals surface area contributed by atoms with Gasteiger partial charge in [0, 0.05) is 19.1 Å². The minimum atomic E-state index is 0.877. The monoisotopic (exact) mass is 197 g/mol. The highest BCUT2D eigenvalue weighted by Gasteiger charge is 2.25. The Morgan fingerprint density at radius 1 is 1.07 bits per heavy atom. The van der Waals surface area contributed by atoms with Gasteiger partial charge in [0.05, 0.1) is 13.2 Å². The minimum absolute atomic E-state index is 0.877. The van der Waals surface area contributed by atoms with Crippen LogP contribution in [0, 0.1) is 5.92 Å². The Hall–Kier alpha value is -0.0800. The number of rotatable bonds is 2. The molecule has 0 atom stereocenters. The predicted molar refractivity (Wildman–Crippen MR) is 58.4 cm³/mol. The number of ether oxygens (including phenoxy) is 1. The van der Waals surface area contributed by atoms with Crippen molar-refractivity contribution in [2.24, 2.45) is 5.92 Å². The summed E-state index contributed by atoms with van der Waals surface area (Å²) in [5, 5.41) is 0. The Bertz CT molecular complexity index is 158. The molecule has 0 unspecified atom stereocenters. The van der Waals surface area contributed by atoms with Crippen molar-refractivity contribution in [3.05, 3.63) is 0 Å². The normalized spacial score (nSPS) is 35.8. The highest BCUT2D eigenvalue weighted by atomic mass is 16.5. The van der Waals surface area contributed by atoms with Gasteiger partial charge in [-0.2, -0.15) is 0 Å². The first-order valence-electron chi connectivity index (χ1n) is 6.22. The third kappa shape index (κ3) is 2.48. The van der Waals surface area contributed by atoms with Crippen molar-refractivity contribution in [1.82, 2.24) is 4.90 Å². The molecule has 1 aliphatic carbocycles. The summed E-state index contributed by atoms with van der Waals surface area (Å²) in [5.74, 6) is 1.02. The van der Waals surface area contributed by atoms with Gasteiger partial charge in [-0.05, 0) is 31.6 Å². The first kappa shape index (κ1) is 10.4. The Balaban J connectivity index is 1.76. The molecule has 1 saturated heterocycles. The fourth-order valence-electron chi connectivity index (χ4n) is 2.86. The van der Waals surface area contributed by atoms with E-state index in [9.17, 15) is 0 Å². The molecule has 2 aliphatic rings. The van der Waals surface area contributed by atoms with E-state index in [2.05, 4.69) is 11.8 Å². The van der Waals surface area contributed by atoms with E-state index in [1.165, 1.54) is 45.2 Å². The molecule has 0 aromatic carbocycles. The Kier molecular flexibility index (Phi) is 3.82. The smallest absolute Gasteiger partial charge is 0.0594 e. The molecule has 1 saturated carbocycles. The summed E-state index contributed by atoms with van der Waals surface area (Å²) >= 11 is 0. The molecular formula is C12H23NO. The molecule has 0 bridgehead atoms. The van der Waals surface area contributed by atoms with Crippen molar-refractivity contribution in [2.45, 2.75) is 45.1 Å². The summed E-state index contributed by atoms with van der Waals surface area (Å²) in [7, 11) is 0. The van der Waals surface area contributed by atoms with Crippen LogP contribution in [0.2, 0.25) is 0 Å². The van der Waals surface area contributed by atoms with Crippen LogP contribution in [0.15, 0.2) is 0 Å². The van der Waals surface area contributed by atoms with Crippen LogP contribution < -0.4 is 0 Å². The minimum Gasteiger partial charge on any atom is -0.379 e. The molecule has 1 heterocycles. The summed E-state index contributed by atoms with van der Waals surface area (Å²) < 4.78 is 5.39. The van der Waals surface area contributed by atoms with Gasteiger partial charge >= 0.3 is 0 Å². The zero-order chi connectivity index (χ0) is 9.80. The first-order valence-corrected chi connectivity index (χ1v) is 6.22. The molecule has 2 rings (SSSR count). The molecule has 82 valence electrons. The highest BCUT2D eigenvalue weighted by molar-refractivity contribution is 4.80. The zero-order valence-corrected chi connectivity index (χ0v) is 9.37. The summed E-state index contributed by atoms with van der Waals surface area (Å²) in [6.45, 7) is 6.57. The van der Waals surface area contributed by atoms with Gasteiger partial charge in [0.1, 0.15) is 0 Å². The number of hydrogen-bond donors (Lipinski definition) is 0. The Morgan fingerprint density at radius 3 is 2.29 bits per heavy atom. The summed E-state index contributed by atoms with van der Waals surface area (Å²) in [4.78, 5) is 2.65. The molecule has 2 nitrogen and oxygen atoms in total. The largest absolute Gasteiger partial charge is 0.379 e. The Labute approximate surface area is 87.6 Å². The lowest BCUT2D eigenvalue weighted by molar-refractivity contribution is 0.00482. The standard InChI is InChI=1S/C12H23NO/c1-2-11-3-5-12(6-4-11)13-7-9-14-10-8-13/h11-12H,2-10H2,1H3. The van der Waals surface area contributed by atoms with E-state index in [0.717, 1.165) is 25.2 Å². The van der Waals surface area contributed by atoms with Gasteiger partial charge in [0.15, 0.2) is 0 Å². The van der Waals surface area contributed by atoms with Crippen molar-refractivity contribution < 1.29 is 4.74 Å². The van der Waals surface area contributed by atoms with Gasteiger partial charge < -0.3 is 4.74 Å². The van der Waals surface area contributed by atoms with Gasteiger partial charge in [-0.25, -0.2) is 0 Å². The van der Waals surface area contributed by atoms with Gasteiger partial charge in [-0.15, -0.1) is 0 Å². The van der Waals surface area contributed by atoms with Gasteiger partial charge in [-0.1, -0.05) is 13.3 Å². The molecule has 14 heavy (non-hydrogen) atoms. The second-order valence-electron chi connectivity index (χ2n) is 4.73. The van der Waals surface area contributed by atoms with Crippen LogP contribution in [0.25, 0.3) is 0 Å². The predicted octanol–water partition coefficient (Wildman–Crippen LogP) is 2.29. The van der Waals surface area contributed by atoms with Crippen LogP contribution in [-0.4, -0.2) is 37.2 Å². The van der Waals surface area contributed by atoms with Gasteiger partial charge in [0.25, 0.3) is 0 Å². The third-order valence-electron chi connectivity index (χ3n) is 3.96. The van der Waals surface area contributed by atoms with Crippen molar-refractivity contribution in [1.29, 1.82) is 0 Å². The SMILES string of the molecule is CCC1CCC(N2CCOCC2)CC1. The molecule has 0 amide bonds. The molecule has 0 spiro atoms. The molecular weight excluding hydrogens is 174 g/mol. The lowest BCUT2D eigenvalue weighted by atomic mass is 9.84. The lowest BCUT2D eigenvalue weighted by Gasteiger charge is -2.38. The maximum atomic E-state index is 5.39. The second-order valence-corrected chi connectivity index (χ2v) is 4.73. The average Bonchev–Trinajstić information content (AvgIpc) is 2.30. The van der Waals surface area contributed by atoms with E-state index in [1.807, 2.05) is 0 Å². The third-order valence-corrected chi connectivity index (χ3v) is 3.96. The van der Waals surface area contributed by atoms with Gasteiger partial charge in [-0.3, -0.25) is 4.90 Å². The summed E-state index contributed by atoms with van der Waals surface area (Å²) in [6, 6.07) is 0.877. The fourth-order valence-corrected chi connectivity index (χ4v) is 2.86. The van der Waals surface area contributed by atoms with Crippen LogP contribution in [0.4, 0.5) is 0 Å². The summed E-state index contributed by atoms with van der Waals surface area (Å²) in [5.41, 5.74) is 0. The lowest BCUT2D eigenvalue weighted by Crippen LogP contribution is -2.44. The number of morpholine rings is 1. The van der Waals surface area contributed by atoms with Crippen LogP contribution in [0.5, 0.6) is 0 Å². The molecule has 1 aliphatic heterocycles. The van der Waals surface area contributed by atoms with Crippen LogP contribution >= 0.6 is 0 Å². The van der Waals surface area contributed by atoms with E-state index in [0.29, 0.717) is 0 Å². The quantitative estimate of drug-likeness (QED) is 0.673. The van der Waals surface area contributed by atoms with E-state index >= 15 is 0 Å². The molecule has 0 radical (unpaired) electrons. The molecule has 2 fully saturated rings. The zero-order valence-electron chi connectivity index (χ0n) is 9.37. The molecule has 0 N–H and O–H groups in total. The molecule has 2 heteroatoms. The van der Waals surface area contributed by atoms with E-state index < -0.39 is 0 Å². The van der Waals surface area contributed by atoms with E-state index in [4.69, 9.17) is 4.74 Å². The Morgan fingerprint density at radius 2 is 1.71 bits per heavy atom. The molecule has 0 aromatic heterocycles. The van der Waals surface area contributed by atoms with Crippen LogP contribution in [0.1, 0.15) is 39.0 Å². The van der Waals surface area contributed by atoms with E-state index in [1.54, 1.807) is 0 Å². The molecule has 0 aromatic rings. The van der Waals surface area contributed by atoms with Crippen molar-refractivity contribution in [3.8, 4) is 0 Å². The topological polar surface area (TPSA) is 12.5 Å². The highest BCUT2D eigenvalue weighted by Crippen LogP contribution is 2.29. The second kappa shape index (κ2) is 5.13. The van der Waals surface area contributed by atoms with Crippen LogP contribution in [-0.2, 0) is 4.74 Å². The van der Waals surface area contributed by atoms with Gasteiger partial charge in [0.2, 0.25) is 0 Å². The maximum absolute atomic E-state index is 5.39. The maximum Gasteiger partial charge on any atom is 0.0594 e. The van der Waals surface area contributed by atoms with Crippen molar-refractivity contribution in [3.63, 3.8) is 0 Å². The summed E-state index contributed by atoms with van der Waals surface area (Å²) in [6.07, 6.45) is 7.16.